The van der Waals surface area contributed by atoms with Gasteiger partial charge in [0.25, 0.3) is 0 Å². The molecule has 1 rings (SSSR count). The molecule has 7 heteroatoms. The number of rotatable bonds is 1. The highest BCUT2D eigenvalue weighted by Crippen LogP contribution is 2.06. The molecule has 1 aromatic heterocycles. The van der Waals surface area contributed by atoms with Crippen molar-refractivity contribution in [2.24, 2.45) is 5.34 Å². The zero-order valence-corrected chi connectivity index (χ0v) is 8.37. The highest BCUT2D eigenvalue weighted by atomic mass is 127. The molecule has 6 nitrogen and oxygen atoms in total. The Morgan fingerprint density at radius 2 is 2.15 bits per heavy atom. The predicted octanol–water partition coefficient (Wildman–Crippen LogP) is 1.53. The Morgan fingerprint density at radius 3 is 2.46 bits per heavy atom. The number of aromatic carboxylic acids is 1. The second-order valence-electron chi connectivity index (χ2n) is 1.73. The van der Waals surface area contributed by atoms with Crippen LogP contribution in [0.4, 0.5) is 0 Å². The highest BCUT2D eigenvalue weighted by Gasteiger charge is 2.05. The van der Waals surface area contributed by atoms with E-state index in [0.29, 0.717) is 3.70 Å². The number of pyridine rings is 1. The zero-order valence-electron chi connectivity index (χ0n) is 6.22. The van der Waals surface area contributed by atoms with Crippen molar-refractivity contribution in [3.63, 3.8) is 0 Å². The lowest BCUT2D eigenvalue weighted by atomic mass is 10.3. The summed E-state index contributed by atoms with van der Waals surface area (Å²) in [6.45, 7) is 0. The number of carboxylic acids is 1. The first-order valence-electron chi connectivity index (χ1n) is 2.94. The zero-order chi connectivity index (χ0) is 10.3. The number of hydrogen-bond acceptors (Lipinski definition) is 4. The summed E-state index contributed by atoms with van der Waals surface area (Å²) in [5.74, 6) is -0.933. The van der Waals surface area contributed by atoms with Gasteiger partial charge in [0.2, 0.25) is 0 Å². The fourth-order valence-corrected chi connectivity index (χ4v) is 1.12. The Labute approximate surface area is 86.7 Å². The van der Waals surface area contributed by atoms with Gasteiger partial charge in [0, 0.05) is 6.20 Å². The largest absolute Gasteiger partial charge is 0.478 e. The van der Waals surface area contributed by atoms with Crippen molar-refractivity contribution in [1.82, 2.24) is 4.98 Å². The lowest BCUT2D eigenvalue weighted by molar-refractivity contribution is 0.0695. The van der Waals surface area contributed by atoms with Crippen LogP contribution in [0.5, 0.6) is 0 Å². The van der Waals surface area contributed by atoms with Crippen LogP contribution in [0.15, 0.2) is 23.7 Å². The summed E-state index contributed by atoms with van der Waals surface area (Å²) in [4.78, 5) is 22.3. The molecule has 0 radical (unpaired) electrons. The summed E-state index contributed by atoms with van der Waals surface area (Å²) in [7, 11) is 0. The van der Waals surface area contributed by atoms with Gasteiger partial charge in [-0.05, 0) is 34.7 Å². The fraction of sp³-hybridized carbons (Fsp3) is 0. The van der Waals surface area contributed by atoms with Crippen molar-refractivity contribution in [1.29, 1.82) is 0 Å². The maximum absolute atomic E-state index is 10.4. The minimum absolute atomic E-state index is 0.253. The van der Waals surface area contributed by atoms with Crippen molar-refractivity contribution in [2.45, 2.75) is 0 Å². The number of aromatic nitrogens is 1. The third-order valence-electron chi connectivity index (χ3n) is 0.989. The highest BCUT2D eigenvalue weighted by molar-refractivity contribution is 14.1. The predicted molar refractivity (Wildman–Crippen MR) is 51.5 cm³/mol. The molecule has 1 heterocycles. The number of hydrogen-bond donors (Lipinski definition) is 2. The van der Waals surface area contributed by atoms with Crippen LogP contribution in [0.25, 0.3) is 0 Å². The second kappa shape index (κ2) is 6.29. The molecule has 0 aromatic carbocycles. The number of nitrogens with zero attached hydrogens (tertiary/aromatic N) is 2. The average molecular weight is 296 g/mol. The number of carbonyl (C=O) groups is 1. The fourth-order valence-electron chi connectivity index (χ4n) is 0.546. The van der Waals surface area contributed by atoms with Gasteiger partial charge in [-0.2, -0.15) is 0 Å². The van der Waals surface area contributed by atoms with Crippen LogP contribution < -0.4 is 0 Å². The molecule has 0 bridgehead atoms. The molecule has 0 amide bonds. The Morgan fingerprint density at radius 1 is 1.62 bits per heavy atom. The number of carboxylic acid groups (broad SMARTS) is 1. The van der Waals surface area contributed by atoms with Gasteiger partial charge in [0.15, 0.2) is 5.34 Å². The third kappa shape index (κ3) is 4.35. The third-order valence-corrected chi connectivity index (χ3v) is 1.85. The normalized spacial score (nSPS) is 8.08. The van der Waals surface area contributed by atoms with E-state index in [4.69, 9.17) is 15.2 Å². The van der Waals surface area contributed by atoms with Gasteiger partial charge in [-0.25, -0.2) is 9.78 Å². The van der Waals surface area contributed by atoms with E-state index in [1.54, 1.807) is 12.3 Å². The summed E-state index contributed by atoms with van der Waals surface area (Å²) in [5.41, 5.74) is 0.253. The van der Waals surface area contributed by atoms with Crippen LogP contribution in [0.3, 0.4) is 0 Å². The standard InChI is InChI=1S/C6H4INO2.HNO2/c7-5-4(6(9)10)2-1-3-8-5;2-1-3/h1-3H,(H,9,10);(H,2,3). The molecule has 0 aliphatic carbocycles. The quantitative estimate of drug-likeness (QED) is 0.354. The minimum atomic E-state index is -0.933. The summed E-state index contributed by atoms with van der Waals surface area (Å²) in [6.07, 6.45) is 1.56. The average Bonchev–Trinajstić information content (AvgIpc) is 2.06. The van der Waals surface area contributed by atoms with Crippen molar-refractivity contribution in [3.05, 3.63) is 32.5 Å². The van der Waals surface area contributed by atoms with Crippen LogP contribution in [-0.4, -0.2) is 21.3 Å². The van der Waals surface area contributed by atoms with E-state index in [1.165, 1.54) is 11.4 Å². The molecule has 0 atom stereocenters. The Bertz CT molecular complexity index is 304. The molecular weight excluding hydrogens is 291 g/mol. The van der Waals surface area contributed by atoms with Gasteiger partial charge in [-0.3, -0.25) is 0 Å². The van der Waals surface area contributed by atoms with E-state index in [9.17, 15) is 4.79 Å². The van der Waals surface area contributed by atoms with Crippen molar-refractivity contribution in [2.75, 3.05) is 0 Å². The summed E-state index contributed by atoms with van der Waals surface area (Å²) < 4.78 is 0.521. The first-order valence-corrected chi connectivity index (χ1v) is 4.02. The summed E-state index contributed by atoms with van der Waals surface area (Å²) >= 11 is 1.88. The minimum Gasteiger partial charge on any atom is -0.478 e. The van der Waals surface area contributed by atoms with Gasteiger partial charge in [-0.1, -0.05) is 0 Å². The van der Waals surface area contributed by atoms with Gasteiger partial charge >= 0.3 is 5.97 Å². The molecule has 70 valence electrons. The Balaban J connectivity index is 0.000000424. The van der Waals surface area contributed by atoms with Crippen LogP contribution in [-0.2, 0) is 0 Å². The molecule has 0 saturated heterocycles. The number of halogens is 1. The molecule has 0 aliphatic rings. The van der Waals surface area contributed by atoms with E-state index in [1.807, 2.05) is 22.6 Å². The lowest BCUT2D eigenvalue weighted by Crippen LogP contribution is -2.00. The molecular formula is C6H5IN2O4. The summed E-state index contributed by atoms with van der Waals surface area (Å²) in [5, 5.41) is 16.4. The molecule has 13 heavy (non-hydrogen) atoms. The van der Waals surface area contributed by atoms with Crippen LogP contribution in [0.1, 0.15) is 10.4 Å². The van der Waals surface area contributed by atoms with E-state index in [-0.39, 0.29) is 5.56 Å². The summed E-state index contributed by atoms with van der Waals surface area (Å²) in [6, 6.07) is 3.13. The first kappa shape index (κ1) is 11.8. The Kier molecular flexibility index (Phi) is 5.68. The molecule has 0 fully saturated rings. The van der Waals surface area contributed by atoms with Crippen molar-refractivity contribution in [3.8, 4) is 0 Å². The molecule has 0 aliphatic heterocycles. The van der Waals surface area contributed by atoms with E-state index in [0.717, 1.165) is 0 Å². The molecule has 0 spiro atoms. The van der Waals surface area contributed by atoms with Crippen LogP contribution in [0, 0.1) is 8.61 Å². The molecule has 1 aromatic rings. The van der Waals surface area contributed by atoms with Crippen LogP contribution in [0.2, 0.25) is 0 Å². The lowest BCUT2D eigenvalue weighted by Gasteiger charge is -1.93. The van der Waals surface area contributed by atoms with Gasteiger partial charge in [-0.15, -0.1) is 4.91 Å². The molecule has 0 saturated carbocycles. The first-order chi connectivity index (χ1) is 6.13. The van der Waals surface area contributed by atoms with Gasteiger partial charge < -0.3 is 10.3 Å². The van der Waals surface area contributed by atoms with Gasteiger partial charge in [0.1, 0.15) is 3.70 Å². The van der Waals surface area contributed by atoms with Gasteiger partial charge in [0.05, 0.1) is 5.56 Å². The second-order valence-corrected chi connectivity index (χ2v) is 2.75. The van der Waals surface area contributed by atoms with Crippen molar-refractivity contribution < 1.29 is 15.1 Å². The SMILES string of the molecule is O=C(O)c1cccnc1I.O=NO. The molecule has 2 N–H and O–H groups in total. The smallest absolute Gasteiger partial charge is 0.338 e. The maximum Gasteiger partial charge on any atom is 0.338 e. The molecule has 0 unspecified atom stereocenters. The monoisotopic (exact) mass is 296 g/mol. The van der Waals surface area contributed by atoms with Crippen LogP contribution >= 0.6 is 22.6 Å². The van der Waals surface area contributed by atoms with E-state index >= 15 is 0 Å². The van der Waals surface area contributed by atoms with E-state index < -0.39 is 5.97 Å². The van der Waals surface area contributed by atoms with E-state index in [2.05, 4.69) is 4.98 Å². The topological polar surface area (TPSA) is 99.8 Å². The Hall–Kier alpha value is -1.25. The van der Waals surface area contributed by atoms with Crippen molar-refractivity contribution >= 4 is 28.6 Å². The maximum atomic E-state index is 10.4.